The quantitative estimate of drug-likeness (QED) is 0.691. The summed E-state index contributed by atoms with van der Waals surface area (Å²) in [7, 11) is 0. The summed E-state index contributed by atoms with van der Waals surface area (Å²) >= 11 is 0. The summed E-state index contributed by atoms with van der Waals surface area (Å²) in [5, 5.41) is 10.1. The number of hydrogen-bond donors (Lipinski definition) is 2. The maximum Gasteiger partial charge on any atom is 0.471 e. The Morgan fingerprint density at radius 1 is 1.40 bits per heavy atom. The second-order valence-corrected chi connectivity index (χ2v) is 3.06. The van der Waals surface area contributed by atoms with Gasteiger partial charge < -0.3 is 15.2 Å². The second kappa shape index (κ2) is 4.05. The van der Waals surface area contributed by atoms with Gasteiger partial charge in [0.2, 0.25) is 0 Å². The average molecular weight is 227 g/mol. The van der Waals surface area contributed by atoms with Crippen LogP contribution in [0.2, 0.25) is 0 Å². The zero-order valence-electron chi connectivity index (χ0n) is 7.37. The average Bonchev–Trinajstić information content (AvgIpc) is 2.50. The van der Waals surface area contributed by atoms with Gasteiger partial charge in [-0.3, -0.25) is 4.79 Å². The summed E-state index contributed by atoms with van der Waals surface area (Å²) in [5.74, 6) is -3.33. The van der Waals surface area contributed by atoms with Gasteiger partial charge in [-0.2, -0.15) is 13.2 Å². The number of carboxylic acid groups (broad SMARTS) is 1. The monoisotopic (exact) mass is 227 g/mol. The summed E-state index contributed by atoms with van der Waals surface area (Å²) < 4.78 is 40.0. The molecule has 1 rings (SSSR count). The van der Waals surface area contributed by atoms with Crippen molar-refractivity contribution < 1.29 is 32.6 Å². The first-order chi connectivity index (χ1) is 6.80. The molecule has 0 aliphatic carbocycles. The van der Waals surface area contributed by atoms with E-state index in [1.807, 2.05) is 0 Å². The van der Waals surface area contributed by atoms with Gasteiger partial charge in [0.1, 0.15) is 0 Å². The van der Waals surface area contributed by atoms with Gasteiger partial charge in [-0.1, -0.05) is 0 Å². The first-order valence-corrected chi connectivity index (χ1v) is 4.03. The Morgan fingerprint density at radius 2 is 2.00 bits per heavy atom. The number of aliphatic carboxylic acids is 1. The van der Waals surface area contributed by atoms with Crippen LogP contribution in [0.4, 0.5) is 13.2 Å². The van der Waals surface area contributed by atoms with Gasteiger partial charge in [0.25, 0.3) is 0 Å². The topological polar surface area (TPSA) is 75.6 Å². The highest BCUT2D eigenvalue weighted by Gasteiger charge is 2.41. The molecule has 0 saturated carbocycles. The summed E-state index contributed by atoms with van der Waals surface area (Å²) in [6.07, 6.45) is -6.26. The molecule has 2 N–H and O–H groups in total. The summed E-state index contributed by atoms with van der Waals surface area (Å²) in [5.41, 5.74) is 0. The van der Waals surface area contributed by atoms with Gasteiger partial charge in [-0.05, 0) is 0 Å². The van der Waals surface area contributed by atoms with E-state index < -0.39 is 30.2 Å². The molecule has 15 heavy (non-hydrogen) atoms. The summed E-state index contributed by atoms with van der Waals surface area (Å²) in [6, 6.07) is -0.903. The molecule has 1 amide bonds. The molecule has 0 unspecified atom stereocenters. The van der Waals surface area contributed by atoms with Gasteiger partial charge in [0.15, 0.2) is 6.10 Å². The number of rotatable bonds is 2. The van der Waals surface area contributed by atoms with Crippen LogP contribution in [0.25, 0.3) is 0 Å². The number of ether oxygens (including phenoxy) is 1. The molecule has 0 aromatic heterocycles. The fraction of sp³-hybridized carbons (Fsp3) is 0.714. The van der Waals surface area contributed by atoms with E-state index in [9.17, 15) is 22.8 Å². The Balaban J connectivity index is 2.43. The molecule has 0 bridgehead atoms. The highest BCUT2D eigenvalue weighted by molar-refractivity contribution is 5.82. The van der Waals surface area contributed by atoms with Crippen LogP contribution in [-0.2, 0) is 14.3 Å². The van der Waals surface area contributed by atoms with Gasteiger partial charge in [0.05, 0.1) is 12.6 Å². The van der Waals surface area contributed by atoms with E-state index in [1.165, 1.54) is 0 Å². The predicted molar refractivity (Wildman–Crippen MR) is 40.0 cm³/mol. The van der Waals surface area contributed by atoms with E-state index in [1.54, 1.807) is 5.32 Å². The van der Waals surface area contributed by atoms with Gasteiger partial charge in [-0.25, -0.2) is 4.79 Å². The number of halogens is 3. The highest BCUT2D eigenvalue weighted by Crippen LogP contribution is 2.18. The Morgan fingerprint density at radius 3 is 2.40 bits per heavy atom. The molecule has 5 nitrogen and oxygen atoms in total. The molecule has 1 saturated heterocycles. The number of carbonyl (C=O) groups excluding carboxylic acids is 1. The largest absolute Gasteiger partial charge is 0.479 e. The second-order valence-electron chi connectivity index (χ2n) is 3.06. The number of carbonyl (C=O) groups is 2. The fourth-order valence-corrected chi connectivity index (χ4v) is 1.17. The van der Waals surface area contributed by atoms with Crippen LogP contribution in [0, 0.1) is 0 Å². The molecule has 0 aromatic carbocycles. The molecule has 0 spiro atoms. The minimum absolute atomic E-state index is 0.156. The van der Waals surface area contributed by atoms with Crippen molar-refractivity contribution in [2.75, 3.05) is 6.61 Å². The molecule has 1 fully saturated rings. The minimum Gasteiger partial charge on any atom is -0.479 e. The number of carboxylic acids is 1. The predicted octanol–water partition coefficient (Wildman–Crippen LogP) is -0.0930. The number of alkyl halides is 3. The number of nitrogens with one attached hydrogen (secondary N) is 1. The van der Waals surface area contributed by atoms with Crippen molar-refractivity contribution in [3.8, 4) is 0 Å². The zero-order valence-corrected chi connectivity index (χ0v) is 7.37. The summed E-state index contributed by atoms with van der Waals surface area (Å²) in [6.45, 7) is -0.223. The molecule has 86 valence electrons. The zero-order chi connectivity index (χ0) is 11.6. The highest BCUT2D eigenvalue weighted by atomic mass is 19.4. The van der Waals surface area contributed by atoms with Crippen LogP contribution in [-0.4, -0.2) is 41.9 Å². The molecule has 0 aromatic rings. The lowest BCUT2D eigenvalue weighted by molar-refractivity contribution is -0.174. The molecular weight excluding hydrogens is 219 g/mol. The van der Waals surface area contributed by atoms with Crippen molar-refractivity contribution in [2.45, 2.75) is 24.7 Å². The SMILES string of the molecule is O=C(O)[C@@H]1C[C@H](NC(=O)C(F)(F)F)CO1. The van der Waals surface area contributed by atoms with E-state index in [2.05, 4.69) is 4.74 Å². The maximum absolute atomic E-state index is 11.8. The van der Waals surface area contributed by atoms with E-state index in [-0.39, 0.29) is 13.0 Å². The van der Waals surface area contributed by atoms with E-state index in [4.69, 9.17) is 5.11 Å². The Labute approximate surface area is 82.2 Å². The molecule has 1 aliphatic rings. The standard InChI is InChI=1S/C7H8F3NO4/c8-7(9,10)6(14)11-3-1-4(5(12)13)15-2-3/h3-4H,1-2H2,(H,11,14)(H,12,13)/t3-,4-/m0/s1. The minimum atomic E-state index is -4.96. The van der Waals surface area contributed by atoms with Crippen molar-refractivity contribution >= 4 is 11.9 Å². The first kappa shape index (κ1) is 11.8. The third kappa shape index (κ3) is 3.08. The molecule has 0 radical (unpaired) electrons. The van der Waals surface area contributed by atoms with Crippen molar-refractivity contribution in [3.05, 3.63) is 0 Å². The molecule has 1 heterocycles. The third-order valence-corrected chi connectivity index (χ3v) is 1.87. The van der Waals surface area contributed by atoms with Crippen molar-refractivity contribution in [3.63, 3.8) is 0 Å². The van der Waals surface area contributed by atoms with E-state index in [0.29, 0.717) is 0 Å². The first-order valence-electron chi connectivity index (χ1n) is 4.03. The lowest BCUT2D eigenvalue weighted by atomic mass is 10.2. The Bertz CT molecular complexity index is 278. The van der Waals surface area contributed by atoms with Gasteiger partial charge in [-0.15, -0.1) is 0 Å². The Hall–Kier alpha value is -1.31. The number of amides is 1. The maximum atomic E-state index is 11.8. The lowest BCUT2D eigenvalue weighted by Crippen LogP contribution is -2.43. The number of hydrogen-bond acceptors (Lipinski definition) is 3. The van der Waals surface area contributed by atoms with Crippen LogP contribution < -0.4 is 5.32 Å². The Kier molecular flexibility index (Phi) is 3.18. The van der Waals surface area contributed by atoms with Crippen LogP contribution in [0.5, 0.6) is 0 Å². The molecular formula is C7H8F3NO4. The van der Waals surface area contributed by atoms with Crippen molar-refractivity contribution in [1.82, 2.24) is 5.32 Å². The van der Waals surface area contributed by atoms with Crippen LogP contribution in [0.3, 0.4) is 0 Å². The van der Waals surface area contributed by atoms with Gasteiger partial charge >= 0.3 is 18.1 Å². The van der Waals surface area contributed by atoms with Crippen LogP contribution in [0.1, 0.15) is 6.42 Å². The molecule has 2 atom stereocenters. The van der Waals surface area contributed by atoms with Crippen LogP contribution in [0.15, 0.2) is 0 Å². The van der Waals surface area contributed by atoms with Crippen molar-refractivity contribution in [1.29, 1.82) is 0 Å². The van der Waals surface area contributed by atoms with Crippen molar-refractivity contribution in [2.24, 2.45) is 0 Å². The van der Waals surface area contributed by atoms with E-state index >= 15 is 0 Å². The van der Waals surface area contributed by atoms with Gasteiger partial charge in [0, 0.05) is 6.42 Å². The normalized spacial score (nSPS) is 26.3. The lowest BCUT2D eigenvalue weighted by Gasteiger charge is -2.12. The summed E-state index contributed by atoms with van der Waals surface area (Å²) in [4.78, 5) is 20.8. The smallest absolute Gasteiger partial charge is 0.471 e. The fourth-order valence-electron chi connectivity index (χ4n) is 1.17. The molecule has 8 heteroatoms. The molecule has 1 aliphatic heterocycles. The third-order valence-electron chi connectivity index (χ3n) is 1.87. The van der Waals surface area contributed by atoms with Crippen LogP contribution >= 0.6 is 0 Å². The van der Waals surface area contributed by atoms with E-state index in [0.717, 1.165) is 0 Å².